The summed E-state index contributed by atoms with van der Waals surface area (Å²) in [5, 5.41) is 9.71. The number of aliphatic hydroxyl groups is 1. The third-order valence-electron chi connectivity index (χ3n) is 5.47. The van der Waals surface area contributed by atoms with Crippen LogP contribution in [0.5, 0.6) is 0 Å². The van der Waals surface area contributed by atoms with Crippen molar-refractivity contribution in [3.8, 4) is 0 Å². The molecule has 0 aromatic heterocycles. The number of benzene rings is 2. The van der Waals surface area contributed by atoms with Crippen LogP contribution in [0.2, 0.25) is 0 Å². The van der Waals surface area contributed by atoms with E-state index in [9.17, 15) is 5.11 Å². The Morgan fingerprint density at radius 1 is 0.864 bits per heavy atom. The molecule has 3 atom stereocenters. The van der Waals surface area contributed by atoms with Crippen molar-refractivity contribution >= 4 is 5.57 Å². The van der Waals surface area contributed by atoms with Crippen molar-refractivity contribution in [2.75, 3.05) is 6.61 Å². The maximum Gasteiger partial charge on any atom is 0.0465 e. The van der Waals surface area contributed by atoms with Crippen LogP contribution in [0, 0.1) is 17.8 Å². The van der Waals surface area contributed by atoms with Gasteiger partial charge in [0.25, 0.3) is 0 Å². The molecule has 0 radical (unpaired) electrons. The van der Waals surface area contributed by atoms with Gasteiger partial charge in [0.1, 0.15) is 0 Å². The molecule has 2 aromatic carbocycles. The minimum Gasteiger partial charge on any atom is -0.396 e. The van der Waals surface area contributed by atoms with Crippen molar-refractivity contribution in [3.63, 3.8) is 0 Å². The van der Waals surface area contributed by atoms with E-state index < -0.39 is 0 Å². The van der Waals surface area contributed by atoms with Gasteiger partial charge in [-0.05, 0) is 53.7 Å². The zero-order chi connectivity index (χ0) is 14.9. The fourth-order valence-corrected chi connectivity index (χ4v) is 4.56. The molecule has 1 nitrogen and oxygen atoms in total. The summed E-state index contributed by atoms with van der Waals surface area (Å²) in [6.07, 6.45) is 3.70. The maximum absolute atomic E-state index is 9.71. The van der Waals surface area contributed by atoms with Gasteiger partial charge in [0.15, 0.2) is 0 Å². The molecule has 0 heterocycles. The van der Waals surface area contributed by atoms with E-state index in [4.69, 9.17) is 0 Å². The molecule has 2 aromatic rings. The normalized spacial score (nSPS) is 26.4. The minimum absolute atomic E-state index is 0.335. The van der Waals surface area contributed by atoms with E-state index in [0.29, 0.717) is 24.4 Å². The molecule has 0 saturated heterocycles. The van der Waals surface area contributed by atoms with Gasteiger partial charge in [0.2, 0.25) is 0 Å². The monoisotopic (exact) mass is 290 g/mol. The average Bonchev–Trinajstić information content (AvgIpc) is 3.15. The topological polar surface area (TPSA) is 20.2 Å². The molecule has 112 valence electrons. The van der Waals surface area contributed by atoms with Crippen LogP contribution in [0.1, 0.15) is 30.4 Å². The van der Waals surface area contributed by atoms with Gasteiger partial charge < -0.3 is 5.11 Å². The Hall–Kier alpha value is -1.86. The van der Waals surface area contributed by atoms with Crippen LogP contribution in [0.4, 0.5) is 0 Å². The van der Waals surface area contributed by atoms with E-state index in [0.717, 1.165) is 0 Å². The fourth-order valence-electron chi connectivity index (χ4n) is 4.56. The van der Waals surface area contributed by atoms with Crippen LogP contribution in [0.3, 0.4) is 0 Å². The SMILES string of the molecule is OCC1CC2CCC1C2=C(c1ccccc1)c1ccccc1. The number of hydrogen-bond donors (Lipinski definition) is 1. The van der Waals surface area contributed by atoms with Crippen molar-refractivity contribution in [1.82, 2.24) is 0 Å². The summed E-state index contributed by atoms with van der Waals surface area (Å²) in [5.74, 6) is 1.71. The van der Waals surface area contributed by atoms with Crippen LogP contribution < -0.4 is 0 Å². The molecule has 1 N–H and O–H groups in total. The van der Waals surface area contributed by atoms with Crippen LogP contribution in [-0.2, 0) is 0 Å². The molecule has 1 heteroatoms. The molecule has 2 aliphatic carbocycles. The van der Waals surface area contributed by atoms with Gasteiger partial charge in [-0.25, -0.2) is 0 Å². The quantitative estimate of drug-likeness (QED) is 0.880. The van der Waals surface area contributed by atoms with Crippen molar-refractivity contribution in [3.05, 3.63) is 77.4 Å². The van der Waals surface area contributed by atoms with Crippen molar-refractivity contribution < 1.29 is 5.11 Å². The van der Waals surface area contributed by atoms with Gasteiger partial charge >= 0.3 is 0 Å². The van der Waals surface area contributed by atoms with E-state index in [1.165, 1.54) is 36.0 Å². The maximum atomic E-state index is 9.71. The Morgan fingerprint density at radius 2 is 1.45 bits per heavy atom. The first-order valence-electron chi connectivity index (χ1n) is 8.34. The summed E-state index contributed by atoms with van der Waals surface area (Å²) in [7, 11) is 0. The summed E-state index contributed by atoms with van der Waals surface area (Å²) in [5.41, 5.74) is 5.67. The summed E-state index contributed by atoms with van der Waals surface area (Å²) in [4.78, 5) is 0. The molecule has 0 amide bonds. The predicted molar refractivity (Wildman–Crippen MR) is 90.3 cm³/mol. The van der Waals surface area contributed by atoms with Gasteiger partial charge in [0, 0.05) is 6.61 Å². The highest BCUT2D eigenvalue weighted by atomic mass is 16.3. The molecule has 0 spiro atoms. The van der Waals surface area contributed by atoms with Crippen LogP contribution >= 0.6 is 0 Å². The smallest absolute Gasteiger partial charge is 0.0465 e. The van der Waals surface area contributed by atoms with Crippen LogP contribution in [-0.4, -0.2) is 11.7 Å². The van der Waals surface area contributed by atoms with E-state index in [-0.39, 0.29) is 0 Å². The minimum atomic E-state index is 0.335. The van der Waals surface area contributed by atoms with Gasteiger partial charge in [-0.15, -0.1) is 0 Å². The lowest BCUT2D eigenvalue weighted by Crippen LogP contribution is -2.14. The molecular weight excluding hydrogens is 268 g/mol. The van der Waals surface area contributed by atoms with Gasteiger partial charge in [-0.3, -0.25) is 0 Å². The van der Waals surface area contributed by atoms with E-state index in [1.807, 2.05) is 0 Å². The van der Waals surface area contributed by atoms with E-state index >= 15 is 0 Å². The van der Waals surface area contributed by atoms with E-state index in [1.54, 1.807) is 5.57 Å². The van der Waals surface area contributed by atoms with E-state index in [2.05, 4.69) is 60.7 Å². The number of allylic oxidation sites excluding steroid dienone is 1. The third kappa shape index (κ3) is 2.21. The van der Waals surface area contributed by atoms with Crippen molar-refractivity contribution in [1.29, 1.82) is 0 Å². The number of aliphatic hydroxyl groups excluding tert-OH is 1. The van der Waals surface area contributed by atoms with Crippen LogP contribution in [0.15, 0.2) is 66.2 Å². The van der Waals surface area contributed by atoms with Crippen molar-refractivity contribution in [2.45, 2.75) is 19.3 Å². The largest absolute Gasteiger partial charge is 0.396 e. The lowest BCUT2D eigenvalue weighted by Gasteiger charge is -2.19. The molecule has 2 bridgehead atoms. The van der Waals surface area contributed by atoms with Gasteiger partial charge in [0.05, 0.1) is 0 Å². The first kappa shape index (κ1) is 13.8. The number of hydrogen-bond acceptors (Lipinski definition) is 1. The Labute approximate surface area is 132 Å². The second kappa shape index (κ2) is 5.73. The summed E-state index contributed by atoms with van der Waals surface area (Å²) in [6, 6.07) is 21.5. The average molecular weight is 290 g/mol. The summed E-state index contributed by atoms with van der Waals surface area (Å²) >= 11 is 0. The Morgan fingerprint density at radius 3 is 1.95 bits per heavy atom. The molecule has 4 rings (SSSR count). The lowest BCUT2D eigenvalue weighted by molar-refractivity contribution is 0.180. The molecule has 3 unspecified atom stereocenters. The molecule has 22 heavy (non-hydrogen) atoms. The Kier molecular flexibility index (Phi) is 3.59. The second-order valence-electron chi connectivity index (χ2n) is 6.62. The molecule has 2 aliphatic rings. The summed E-state index contributed by atoms with van der Waals surface area (Å²) in [6.45, 7) is 0.335. The standard InChI is InChI=1S/C21H22O/c22-14-18-13-17-11-12-19(18)21(17)20(15-7-3-1-4-8-15)16-9-5-2-6-10-16/h1-10,17-19,22H,11-14H2. The first-order chi connectivity index (χ1) is 10.9. The third-order valence-corrected chi connectivity index (χ3v) is 5.47. The number of fused-ring (bicyclic) bond motifs is 2. The van der Waals surface area contributed by atoms with Crippen molar-refractivity contribution in [2.24, 2.45) is 17.8 Å². The van der Waals surface area contributed by atoms with Gasteiger partial charge in [-0.2, -0.15) is 0 Å². The second-order valence-corrected chi connectivity index (χ2v) is 6.62. The lowest BCUT2D eigenvalue weighted by atomic mass is 9.86. The highest BCUT2D eigenvalue weighted by Crippen LogP contribution is 2.55. The Balaban J connectivity index is 1.91. The highest BCUT2D eigenvalue weighted by molar-refractivity contribution is 5.83. The van der Waals surface area contributed by atoms with Gasteiger partial charge in [-0.1, -0.05) is 66.2 Å². The molecule has 0 aliphatic heterocycles. The zero-order valence-corrected chi connectivity index (χ0v) is 12.8. The molecular formula is C21H22O. The first-order valence-corrected chi connectivity index (χ1v) is 8.34. The fraction of sp³-hybridized carbons (Fsp3) is 0.333. The molecule has 2 fully saturated rings. The highest BCUT2D eigenvalue weighted by Gasteiger charge is 2.45. The molecule has 2 saturated carbocycles. The zero-order valence-electron chi connectivity index (χ0n) is 12.8. The summed E-state index contributed by atoms with van der Waals surface area (Å²) < 4.78 is 0. The predicted octanol–water partition coefficient (Wildman–Crippen LogP) is 4.53. The number of rotatable bonds is 3. The Bertz CT molecular complexity index is 630. The van der Waals surface area contributed by atoms with Crippen LogP contribution in [0.25, 0.3) is 5.57 Å².